The van der Waals surface area contributed by atoms with Gasteiger partial charge in [0.2, 0.25) is 0 Å². The molecule has 1 aromatic heterocycles. The first-order valence-electron chi connectivity index (χ1n) is 5.03. The van der Waals surface area contributed by atoms with Crippen LogP contribution in [0.4, 0.5) is 0 Å². The second-order valence-electron chi connectivity index (χ2n) is 3.41. The van der Waals surface area contributed by atoms with Gasteiger partial charge < -0.3 is 9.63 Å². The Bertz CT molecular complexity index is 541. The highest BCUT2D eigenvalue weighted by molar-refractivity contribution is 7.99. The number of aromatic nitrogens is 2. The van der Waals surface area contributed by atoms with E-state index in [2.05, 4.69) is 10.1 Å². The molecule has 5 nitrogen and oxygen atoms in total. The van der Waals surface area contributed by atoms with Gasteiger partial charge in [0.25, 0.3) is 5.89 Å². The molecule has 1 heterocycles. The van der Waals surface area contributed by atoms with Gasteiger partial charge in [-0.1, -0.05) is 16.8 Å². The summed E-state index contributed by atoms with van der Waals surface area (Å²) in [7, 11) is 0. The lowest BCUT2D eigenvalue weighted by molar-refractivity contribution is -0.133. The number of carboxylic acid groups (broad SMARTS) is 1. The highest BCUT2D eigenvalue weighted by Crippen LogP contribution is 2.20. The maximum absolute atomic E-state index is 10.4. The van der Waals surface area contributed by atoms with Crippen LogP contribution in [-0.4, -0.2) is 27.0 Å². The molecule has 0 aliphatic rings. The summed E-state index contributed by atoms with van der Waals surface area (Å²) in [6.45, 7) is 0. The first-order valence-corrected chi connectivity index (χ1v) is 6.56. The average molecular weight is 285 g/mol. The number of benzene rings is 1. The zero-order valence-corrected chi connectivity index (χ0v) is 10.7. The van der Waals surface area contributed by atoms with Crippen LogP contribution in [0.25, 0.3) is 11.5 Å². The summed E-state index contributed by atoms with van der Waals surface area (Å²) in [6, 6.07) is 7.04. The van der Waals surface area contributed by atoms with Crippen LogP contribution in [0.2, 0.25) is 5.02 Å². The van der Waals surface area contributed by atoms with Gasteiger partial charge in [-0.25, -0.2) is 0 Å². The van der Waals surface area contributed by atoms with Crippen LogP contribution in [0, 0.1) is 0 Å². The highest BCUT2D eigenvalue weighted by Gasteiger charge is 2.09. The molecule has 0 atom stereocenters. The Labute approximate surface area is 112 Å². The number of thioether (sulfide) groups is 1. The molecule has 0 unspecified atom stereocenters. The van der Waals surface area contributed by atoms with Crippen LogP contribution < -0.4 is 0 Å². The second-order valence-corrected chi connectivity index (χ2v) is 4.83. The molecule has 2 aromatic rings. The fourth-order valence-corrected chi connectivity index (χ4v) is 1.95. The monoisotopic (exact) mass is 284 g/mol. The minimum absolute atomic E-state index is 0.0187. The quantitative estimate of drug-likeness (QED) is 0.910. The van der Waals surface area contributed by atoms with Crippen molar-refractivity contribution >= 4 is 29.3 Å². The Kier molecular flexibility index (Phi) is 4.22. The van der Waals surface area contributed by atoms with Gasteiger partial charge in [-0.15, -0.1) is 11.8 Å². The fraction of sp³-hybridized carbons (Fsp3) is 0.182. The molecule has 1 aromatic carbocycles. The number of rotatable bonds is 5. The number of hydrogen-bond acceptors (Lipinski definition) is 5. The number of halogens is 1. The predicted octanol–water partition coefficient (Wildman–Crippen LogP) is 2.71. The van der Waals surface area contributed by atoms with E-state index in [1.807, 2.05) is 0 Å². The fourth-order valence-electron chi connectivity index (χ4n) is 1.25. The summed E-state index contributed by atoms with van der Waals surface area (Å²) in [4.78, 5) is 14.5. The van der Waals surface area contributed by atoms with Gasteiger partial charge in [0, 0.05) is 10.6 Å². The van der Waals surface area contributed by atoms with Crippen LogP contribution in [0.5, 0.6) is 0 Å². The molecule has 0 aliphatic heterocycles. The van der Waals surface area contributed by atoms with Crippen molar-refractivity contribution in [3.63, 3.8) is 0 Å². The van der Waals surface area contributed by atoms with Crippen molar-refractivity contribution in [1.82, 2.24) is 10.1 Å². The van der Waals surface area contributed by atoms with E-state index < -0.39 is 5.97 Å². The van der Waals surface area contributed by atoms with Crippen molar-refractivity contribution in [3.8, 4) is 11.5 Å². The van der Waals surface area contributed by atoms with Crippen molar-refractivity contribution in [3.05, 3.63) is 35.1 Å². The lowest BCUT2D eigenvalue weighted by Crippen LogP contribution is -1.98. The van der Waals surface area contributed by atoms with E-state index >= 15 is 0 Å². The Morgan fingerprint density at radius 1 is 1.39 bits per heavy atom. The third-order valence-corrected chi connectivity index (χ3v) is 3.18. The Balaban J connectivity index is 2.01. The maximum Gasteiger partial charge on any atom is 0.313 e. The van der Waals surface area contributed by atoms with Gasteiger partial charge in [0.05, 0.1) is 11.5 Å². The molecule has 0 fully saturated rings. The van der Waals surface area contributed by atoms with Crippen LogP contribution >= 0.6 is 23.4 Å². The van der Waals surface area contributed by atoms with Crippen molar-refractivity contribution in [2.75, 3.05) is 5.75 Å². The zero-order valence-electron chi connectivity index (χ0n) is 9.17. The van der Waals surface area contributed by atoms with E-state index in [-0.39, 0.29) is 5.75 Å². The van der Waals surface area contributed by atoms with Gasteiger partial charge in [-0.3, -0.25) is 4.79 Å². The third kappa shape index (κ3) is 3.48. The van der Waals surface area contributed by atoms with E-state index in [1.165, 1.54) is 11.8 Å². The van der Waals surface area contributed by atoms with Crippen molar-refractivity contribution < 1.29 is 14.4 Å². The van der Waals surface area contributed by atoms with Crippen LogP contribution in [0.15, 0.2) is 28.8 Å². The number of carboxylic acids is 1. The molecule has 0 amide bonds. The predicted molar refractivity (Wildman–Crippen MR) is 68.5 cm³/mol. The lowest BCUT2D eigenvalue weighted by atomic mass is 10.2. The van der Waals surface area contributed by atoms with Crippen molar-refractivity contribution in [2.24, 2.45) is 0 Å². The molecule has 94 valence electrons. The van der Waals surface area contributed by atoms with Gasteiger partial charge in [0.15, 0.2) is 5.82 Å². The van der Waals surface area contributed by atoms with Gasteiger partial charge in [-0.05, 0) is 24.3 Å². The molecule has 2 rings (SSSR count). The smallest absolute Gasteiger partial charge is 0.313 e. The molecule has 0 saturated heterocycles. The summed E-state index contributed by atoms with van der Waals surface area (Å²) < 4.78 is 5.08. The molecule has 18 heavy (non-hydrogen) atoms. The standard InChI is InChI=1S/C11H9ClN2O3S/c12-8-3-1-7(2-4-8)11-13-9(14-17-11)5-18-6-10(15)16/h1-4H,5-6H2,(H,15,16). The number of aliphatic carboxylic acids is 1. The topological polar surface area (TPSA) is 76.2 Å². The van der Waals surface area contributed by atoms with Crippen molar-refractivity contribution in [2.45, 2.75) is 5.75 Å². The summed E-state index contributed by atoms with van der Waals surface area (Å²) in [6.07, 6.45) is 0. The zero-order chi connectivity index (χ0) is 13.0. The molecule has 0 bridgehead atoms. The summed E-state index contributed by atoms with van der Waals surface area (Å²) in [5, 5.41) is 12.9. The highest BCUT2D eigenvalue weighted by atomic mass is 35.5. The SMILES string of the molecule is O=C(O)CSCc1noc(-c2ccc(Cl)cc2)n1. The van der Waals surface area contributed by atoms with Crippen LogP contribution in [0.1, 0.15) is 5.82 Å². The first kappa shape index (κ1) is 12.9. The minimum Gasteiger partial charge on any atom is -0.481 e. The van der Waals surface area contributed by atoms with Crippen LogP contribution in [0.3, 0.4) is 0 Å². The van der Waals surface area contributed by atoms with E-state index in [9.17, 15) is 4.79 Å². The van der Waals surface area contributed by atoms with Crippen molar-refractivity contribution in [1.29, 1.82) is 0 Å². The summed E-state index contributed by atoms with van der Waals surface area (Å²) in [5.41, 5.74) is 0.779. The Morgan fingerprint density at radius 2 is 2.11 bits per heavy atom. The first-order chi connectivity index (χ1) is 8.65. The van der Waals surface area contributed by atoms with Crippen LogP contribution in [-0.2, 0) is 10.5 Å². The summed E-state index contributed by atoms with van der Waals surface area (Å²) in [5.74, 6) is 0.444. The molecule has 7 heteroatoms. The maximum atomic E-state index is 10.4. The number of nitrogens with zero attached hydrogens (tertiary/aromatic N) is 2. The molecule has 0 radical (unpaired) electrons. The third-order valence-electron chi connectivity index (χ3n) is 2.02. The normalized spacial score (nSPS) is 10.5. The van der Waals surface area contributed by atoms with E-state index in [1.54, 1.807) is 24.3 Å². The molecule has 0 saturated carbocycles. The largest absolute Gasteiger partial charge is 0.481 e. The summed E-state index contributed by atoms with van der Waals surface area (Å²) >= 11 is 7.00. The number of hydrogen-bond donors (Lipinski definition) is 1. The Morgan fingerprint density at radius 3 is 2.78 bits per heavy atom. The minimum atomic E-state index is -0.860. The van der Waals surface area contributed by atoms with E-state index in [0.29, 0.717) is 22.5 Å². The Hall–Kier alpha value is -1.53. The lowest BCUT2D eigenvalue weighted by Gasteiger charge is -1.93. The number of carbonyl (C=O) groups is 1. The average Bonchev–Trinajstić information content (AvgIpc) is 2.78. The molecule has 0 aliphatic carbocycles. The molecule has 1 N–H and O–H groups in total. The van der Waals surface area contributed by atoms with Gasteiger partial charge >= 0.3 is 5.97 Å². The van der Waals surface area contributed by atoms with E-state index in [4.69, 9.17) is 21.2 Å². The molecular formula is C11H9ClN2O3S. The molecular weight excluding hydrogens is 276 g/mol. The van der Waals surface area contributed by atoms with Gasteiger partial charge in [-0.2, -0.15) is 4.98 Å². The molecule has 0 spiro atoms. The van der Waals surface area contributed by atoms with Gasteiger partial charge in [0.1, 0.15) is 0 Å². The van der Waals surface area contributed by atoms with E-state index in [0.717, 1.165) is 5.56 Å². The second kappa shape index (κ2) is 5.88.